The zero-order valence-corrected chi connectivity index (χ0v) is 12.0. The predicted octanol–water partition coefficient (Wildman–Crippen LogP) is 4.00. The fourth-order valence-corrected chi connectivity index (χ4v) is 9.51. The van der Waals surface area contributed by atoms with E-state index in [1.54, 1.807) is 0 Å². The van der Waals surface area contributed by atoms with Crippen LogP contribution in [0.2, 0.25) is 22.7 Å². The number of aliphatic hydroxyl groups is 1. The highest BCUT2D eigenvalue weighted by molar-refractivity contribution is 6.83. The summed E-state index contributed by atoms with van der Waals surface area (Å²) in [4.78, 5) is 0. The molecule has 0 saturated carbocycles. The van der Waals surface area contributed by atoms with Gasteiger partial charge in [0.25, 0.3) is 0 Å². The average molecular weight is 234 g/mol. The number of hydrogen-bond donors (Lipinski definition) is 1. The molecule has 0 aliphatic carbocycles. The van der Waals surface area contributed by atoms with Crippen molar-refractivity contribution < 1.29 is 9.50 Å². The molecule has 1 N–H and O–H groups in total. The van der Waals surface area contributed by atoms with E-state index in [2.05, 4.69) is 41.5 Å². The number of rotatable bonds is 6. The minimum absolute atomic E-state index is 0.596. The Hall–Kier alpha value is 0.107. The van der Waals surface area contributed by atoms with Gasteiger partial charge in [0.15, 0.2) is 0 Å². The van der Waals surface area contributed by atoms with Crippen molar-refractivity contribution in [2.24, 2.45) is 0 Å². The summed E-state index contributed by atoms with van der Waals surface area (Å²) in [5.41, 5.74) is 1.79. The third-order valence-electron chi connectivity index (χ3n) is 3.99. The Bertz CT molecular complexity index is 159. The van der Waals surface area contributed by atoms with Crippen molar-refractivity contribution in [1.82, 2.24) is 0 Å². The quantitative estimate of drug-likeness (QED) is 0.689. The molecule has 0 radical (unpaired) electrons. The summed E-state index contributed by atoms with van der Waals surface area (Å²) < 4.78 is 12.5. The molecule has 0 aliphatic heterocycles. The number of hydrogen-bond acceptors (Lipinski definition) is 1. The highest BCUT2D eigenvalue weighted by Crippen LogP contribution is 2.45. The Morgan fingerprint density at radius 2 is 1.27 bits per heavy atom. The van der Waals surface area contributed by atoms with Crippen LogP contribution in [0.15, 0.2) is 0 Å². The lowest BCUT2D eigenvalue weighted by molar-refractivity contribution is 0.155. The molecule has 0 rings (SSSR count). The molecular formula is C12H27FOSi. The first-order valence-electron chi connectivity index (χ1n) is 6.03. The van der Waals surface area contributed by atoms with Gasteiger partial charge in [-0.25, -0.2) is 4.39 Å². The van der Waals surface area contributed by atoms with E-state index in [0.29, 0.717) is 22.7 Å². The van der Waals surface area contributed by atoms with Crippen LogP contribution in [0, 0.1) is 0 Å². The van der Waals surface area contributed by atoms with Gasteiger partial charge in [-0.2, -0.15) is 0 Å². The summed E-state index contributed by atoms with van der Waals surface area (Å²) >= 11 is 0. The van der Waals surface area contributed by atoms with E-state index in [-0.39, 0.29) is 0 Å². The van der Waals surface area contributed by atoms with Crippen LogP contribution in [0.5, 0.6) is 0 Å². The van der Waals surface area contributed by atoms with Crippen LogP contribution in [-0.4, -0.2) is 26.0 Å². The maximum absolute atomic E-state index is 12.5. The molecular weight excluding hydrogens is 207 g/mol. The number of aliphatic hydroxyl groups excluding tert-OH is 1. The molecule has 0 saturated heterocycles. The lowest BCUT2D eigenvalue weighted by atomic mass is 10.4. The van der Waals surface area contributed by atoms with Gasteiger partial charge in [0.2, 0.25) is 0 Å². The fourth-order valence-electron chi connectivity index (χ4n) is 3.17. The molecule has 0 bridgehead atoms. The van der Waals surface area contributed by atoms with Gasteiger partial charge in [-0.15, -0.1) is 0 Å². The summed E-state index contributed by atoms with van der Waals surface area (Å²) in [6.45, 7) is 12.8. The first-order chi connectivity index (χ1) is 6.78. The molecule has 15 heavy (non-hydrogen) atoms. The topological polar surface area (TPSA) is 20.2 Å². The predicted molar refractivity (Wildman–Crippen MR) is 67.8 cm³/mol. The van der Waals surface area contributed by atoms with Crippen molar-refractivity contribution in [1.29, 1.82) is 0 Å². The monoisotopic (exact) mass is 234 g/mol. The second kappa shape index (κ2) is 5.99. The van der Waals surface area contributed by atoms with E-state index in [4.69, 9.17) is 0 Å². The maximum Gasteiger partial charge on any atom is 0.115 e. The van der Waals surface area contributed by atoms with E-state index in [1.807, 2.05) is 0 Å². The second-order valence-electron chi connectivity index (χ2n) is 5.59. The van der Waals surface area contributed by atoms with E-state index < -0.39 is 20.9 Å². The van der Waals surface area contributed by atoms with E-state index in [9.17, 15) is 9.50 Å². The smallest absolute Gasteiger partial charge is 0.115 e. The molecule has 0 aromatic carbocycles. The van der Waals surface area contributed by atoms with Gasteiger partial charge in [0.05, 0.1) is 14.2 Å². The molecule has 0 aliphatic rings. The van der Waals surface area contributed by atoms with Crippen LogP contribution in [-0.2, 0) is 0 Å². The summed E-state index contributed by atoms with van der Waals surface area (Å²) in [7, 11) is -1.60. The zero-order chi connectivity index (χ0) is 12.2. The lowest BCUT2D eigenvalue weighted by Crippen LogP contribution is -2.47. The number of alkyl halides is 1. The van der Waals surface area contributed by atoms with Crippen molar-refractivity contribution in [3.8, 4) is 0 Å². The summed E-state index contributed by atoms with van der Waals surface area (Å²) in [6.07, 6.45) is -0.746. The fraction of sp³-hybridized carbons (Fsp3) is 1.00. The van der Waals surface area contributed by atoms with Crippen LogP contribution in [0.1, 0.15) is 41.5 Å². The first kappa shape index (κ1) is 15.1. The van der Waals surface area contributed by atoms with Crippen molar-refractivity contribution in [2.45, 2.75) is 70.3 Å². The summed E-state index contributed by atoms with van der Waals surface area (Å²) in [5.74, 6) is 0. The van der Waals surface area contributed by atoms with Crippen LogP contribution in [0.3, 0.4) is 0 Å². The zero-order valence-electron chi connectivity index (χ0n) is 11.0. The molecule has 0 heterocycles. The van der Waals surface area contributed by atoms with Gasteiger partial charge in [0, 0.05) is 0 Å². The van der Waals surface area contributed by atoms with Crippen LogP contribution in [0.25, 0.3) is 0 Å². The van der Waals surface area contributed by atoms with Gasteiger partial charge in [-0.05, 0) is 6.04 Å². The summed E-state index contributed by atoms with van der Waals surface area (Å²) in [6, 6.07) is 0.705. The van der Waals surface area contributed by atoms with Gasteiger partial charge < -0.3 is 5.11 Å². The minimum atomic E-state index is -1.60. The van der Waals surface area contributed by atoms with E-state index in [1.165, 1.54) is 0 Å². The van der Waals surface area contributed by atoms with E-state index in [0.717, 1.165) is 0 Å². The molecule has 0 aromatic rings. The van der Waals surface area contributed by atoms with E-state index >= 15 is 0 Å². The third-order valence-corrected chi connectivity index (χ3v) is 11.6. The molecule has 0 amide bonds. The average Bonchev–Trinajstić information content (AvgIpc) is 2.11. The Morgan fingerprint density at radius 3 is 1.47 bits per heavy atom. The Morgan fingerprint density at radius 1 is 0.933 bits per heavy atom. The van der Waals surface area contributed by atoms with Crippen LogP contribution >= 0.6 is 0 Å². The van der Waals surface area contributed by atoms with Crippen LogP contribution in [0.4, 0.5) is 4.39 Å². The van der Waals surface area contributed by atoms with Gasteiger partial charge in [0.1, 0.15) is 6.67 Å². The summed E-state index contributed by atoms with van der Waals surface area (Å²) in [5, 5.41) is 9.60. The van der Waals surface area contributed by atoms with Crippen molar-refractivity contribution >= 4 is 8.07 Å². The normalized spacial score (nSPS) is 15.4. The Balaban J connectivity index is 4.96. The Labute approximate surface area is 95.1 Å². The SMILES string of the molecule is CC(C)[Si](CC(O)CF)(C(C)C)C(C)C. The molecule has 1 atom stereocenters. The van der Waals surface area contributed by atoms with Crippen molar-refractivity contribution in [3.05, 3.63) is 0 Å². The molecule has 92 valence electrons. The molecule has 0 spiro atoms. The maximum atomic E-state index is 12.5. The highest BCUT2D eigenvalue weighted by Gasteiger charge is 2.43. The Kier molecular flexibility index (Phi) is 6.04. The molecule has 3 heteroatoms. The molecule has 0 aromatic heterocycles. The minimum Gasteiger partial charge on any atom is -0.391 e. The largest absolute Gasteiger partial charge is 0.391 e. The molecule has 1 nitrogen and oxygen atoms in total. The first-order valence-corrected chi connectivity index (χ1v) is 8.46. The standard InChI is InChI=1S/C12H27FOSi/c1-9(2)15(10(3)4,11(5)6)8-12(14)7-13/h9-12,14H,7-8H2,1-6H3. The van der Waals surface area contributed by atoms with Crippen molar-refractivity contribution in [3.63, 3.8) is 0 Å². The lowest BCUT2D eigenvalue weighted by Gasteiger charge is -2.44. The van der Waals surface area contributed by atoms with Gasteiger partial charge >= 0.3 is 0 Å². The number of halogens is 1. The molecule has 1 unspecified atom stereocenters. The van der Waals surface area contributed by atoms with Crippen molar-refractivity contribution in [2.75, 3.05) is 6.67 Å². The highest BCUT2D eigenvalue weighted by atomic mass is 28.3. The van der Waals surface area contributed by atoms with Gasteiger partial charge in [-0.1, -0.05) is 58.2 Å². The second-order valence-corrected chi connectivity index (χ2v) is 11.7. The van der Waals surface area contributed by atoms with Crippen LogP contribution < -0.4 is 0 Å². The third kappa shape index (κ3) is 3.28. The van der Waals surface area contributed by atoms with Gasteiger partial charge in [-0.3, -0.25) is 0 Å². The molecule has 0 fully saturated rings.